The summed E-state index contributed by atoms with van der Waals surface area (Å²) in [7, 11) is 0. The van der Waals surface area contributed by atoms with Crippen molar-refractivity contribution in [3.8, 4) is 0 Å². The van der Waals surface area contributed by atoms with Gasteiger partial charge in [-0.3, -0.25) is 4.79 Å². The van der Waals surface area contributed by atoms with Gasteiger partial charge in [0.05, 0.1) is 6.10 Å². The minimum absolute atomic E-state index is 0.159. The Balaban J connectivity index is 1.63. The number of aromatic nitrogens is 1. The summed E-state index contributed by atoms with van der Waals surface area (Å²) in [4.78, 5) is 16.7. The van der Waals surface area contributed by atoms with Crippen molar-refractivity contribution in [2.24, 2.45) is 0 Å². The van der Waals surface area contributed by atoms with Crippen LogP contribution in [0.4, 0.5) is 11.5 Å². The van der Waals surface area contributed by atoms with E-state index >= 15 is 0 Å². The molecule has 1 aromatic heterocycles. The van der Waals surface area contributed by atoms with Gasteiger partial charge in [0.25, 0.3) is 5.91 Å². The summed E-state index contributed by atoms with van der Waals surface area (Å²) in [5, 5.41) is 6.14. The van der Waals surface area contributed by atoms with Crippen LogP contribution in [-0.4, -0.2) is 30.1 Å². The third-order valence-electron chi connectivity index (χ3n) is 3.99. The number of nitrogens with one attached hydrogen (secondary N) is 2. The van der Waals surface area contributed by atoms with Gasteiger partial charge in [-0.1, -0.05) is 22.0 Å². The van der Waals surface area contributed by atoms with Gasteiger partial charge >= 0.3 is 0 Å². The molecule has 1 fully saturated rings. The molecule has 126 valence electrons. The fourth-order valence-corrected chi connectivity index (χ4v) is 2.94. The molecule has 1 amide bonds. The van der Waals surface area contributed by atoms with Gasteiger partial charge < -0.3 is 15.4 Å². The van der Waals surface area contributed by atoms with Crippen LogP contribution in [0.3, 0.4) is 0 Å². The molecular weight excluding hydrogens is 370 g/mol. The molecular formula is C18H20BrN3O2. The van der Waals surface area contributed by atoms with Crippen LogP contribution in [0, 0.1) is 6.92 Å². The number of ether oxygens (including phenoxy) is 1. The van der Waals surface area contributed by atoms with Gasteiger partial charge in [0.2, 0.25) is 0 Å². The summed E-state index contributed by atoms with van der Waals surface area (Å²) in [6.45, 7) is 3.54. The van der Waals surface area contributed by atoms with Crippen LogP contribution in [-0.2, 0) is 4.74 Å². The Bertz CT molecular complexity index is 730. The molecule has 1 saturated heterocycles. The second kappa shape index (κ2) is 7.77. The molecule has 0 radical (unpaired) electrons. The normalized spacial score (nSPS) is 16.8. The summed E-state index contributed by atoms with van der Waals surface area (Å²) in [5.74, 6) is 0.525. The third-order valence-corrected chi connectivity index (χ3v) is 4.84. The molecule has 2 N–H and O–H groups in total. The van der Waals surface area contributed by atoms with Gasteiger partial charge in [0.1, 0.15) is 5.82 Å². The van der Waals surface area contributed by atoms with E-state index in [2.05, 4.69) is 31.5 Å². The minimum Gasteiger partial charge on any atom is -0.376 e. The van der Waals surface area contributed by atoms with Crippen LogP contribution >= 0.6 is 15.9 Å². The highest BCUT2D eigenvalue weighted by Gasteiger charge is 2.15. The molecule has 24 heavy (non-hydrogen) atoms. The molecule has 6 heteroatoms. The molecule has 0 saturated carbocycles. The number of pyridine rings is 1. The predicted octanol–water partition coefficient (Wildman–Crippen LogP) is 4.00. The van der Waals surface area contributed by atoms with Gasteiger partial charge in [-0.05, 0) is 49.6 Å². The summed E-state index contributed by atoms with van der Waals surface area (Å²) in [6.07, 6.45) is 4.04. The lowest BCUT2D eigenvalue weighted by atomic mass is 10.2. The van der Waals surface area contributed by atoms with Crippen molar-refractivity contribution in [2.75, 3.05) is 23.8 Å². The maximum absolute atomic E-state index is 12.4. The fourth-order valence-electron chi connectivity index (χ4n) is 2.57. The van der Waals surface area contributed by atoms with E-state index in [1.54, 1.807) is 18.3 Å². The SMILES string of the molecule is Cc1ccc(NC(=O)c2ccnc(NCC3CCCO3)c2)cc1Br. The molecule has 1 atom stereocenters. The van der Waals surface area contributed by atoms with Crippen molar-refractivity contribution in [1.82, 2.24) is 4.98 Å². The molecule has 2 heterocycles. The minimum atomic E-state index is -0.159. The molecule has 0 bridgehead atoms. The standard InChI is InChI=1S/C18H20BrN3O2/c1-12-4-5-14(10-16(12)19)22-18(23)13-6-7-20-17(9-13)21-11-15-3-2-8-24-15/h4-7,9-10,15H,2-3,8,11H2,1H3,(H,20,21)(H,22,23). The van der Waals surface area contributed by atoms with Crippen molar-refractivity contribution in [1.29, 1.82) is 0 Å². The molecule has 2 aromatic rings. The van der Waals surface area contributed by atoms with Gasteiger partial charge in [0, 0.05) is 35.1 Å². The maximum atomic E-state index is 12.4. The van der Waals surface area contributed by atoms with E-state index < -0.39 is 0 Å². The van der Waals surface area contributed by atoms with Crippen LogP contribution in [0.1, 0.15) is 28.8 Å². The predicted molar refractivity (Wildman–Crippen MR) is 98.5 cm³/mol. The first-order chi connectivity index (χ1) is 11.6. The number of nitrogens with zero attached hydrogens (tertiary/aromatic N) is 1. The van der Waals surface area contributed by atoms with Crippen LogP contribution in [0.25, 0.3) is 0 Å². The van der Waals surface area contributed by atoms with E-state index in [-0.39, 0.29) is 12.0 Å². The van der Waals surface area contributed by atoms with Crippen LogP contribution in [0.2, 0.25) is 0 Å². The first kappa shape index (κ1) is 16.9. The average Bonchev–Trinajstić information content (AvgIpc) is 3.10. The Morgan fingerprint density at radius 3 is 3.00 bits per heavy atom. The van der Waals surface area contributed by atoms with Crippen LogP contribution in [0.15, 0.2) is 41.0 Å². The zero-order valence-corrected chi connectivity index (χ0v) is 15.1. The third kappa shape index (κ3) is 4.33. The molecule has 0 spiro atoms. The molecule has 0 aliphatic carbocycles. The topological polar surface area (TPSA) is 63.2 Å². The Morgan fingerprint density at radius 2 is 2.25 bits per heavy atom. The van der Waals surface area contributed by atoms with Gasteiger partial charge in [-0.15, -0.1) is 0 Å². The number of carbonyl (C=O) groups excluding carboxylic acids is 1. The Labute approximate surface area is 149 Å². The van der Waals surface area contributed by atoms with E-state index in [1.807, 2.05) is 25.1 Å². The van der Waals surface area contributed by atoms with Crippen LogP contribution < -0.4 is 10.6 Å². The van der Waals surface area contributed by atoms with Crippen molar-refractivity contribution >= 4 is 33.3 Å². The van der Waals surface area contributed by atoms with E-state index in [1.165, 1.54) is 0 Å². The van der Waals surface area contributed by atoms with Crippen molar-refractivity contribution < 1.29 is 9.53 Å². The highest BCUT2D eigenvalue weighted by molar-refractivity contribution is 9.10. The lowest BCUT2D eigenvalue weighted by Crippen LogP contribution is -2.19. The number of hydrogen-bond donors (Lipinski definition) is 2. The maximum Gasteiger partial charge on any atom is 0.255 e. The smallest absolute Gasteiger partial charge is 0.255 e. The van der Waals surface area contributed by atoms with Gasteiger partial charge in [-0.2, -0.15) is 0 Å². The number of benzene rings is 1. The van der Waals surface area contributed by atoms with Crippen molar-refractivity contribution in [3.63, 3.8) is 0 Å². The van der Waals surface area contributed by atoms with E-state index in [9.17, 15) is 4.79 Å². The Morgan fingerprint density at radius 1 is 1.38 bits per heavy atom. The van der Waals surface area contributed by atoms with Crippen LogP contribution in [0.5, 0.6) is 0 Å². The first-order valence-corrected chi connectivity index (χ1v) is 8.80. The molecule has 1 aliphatic rings. The highest BCUT2D eigenvalue weighted by atomic mass is 79.9. The lowest BCUT2D eigenvalue weighted by Gasteiger charge is -2.12. The number of amides is 1. The van der Waals surface area contributed by atoms with E-state index in [0.29, 0.717) is 17.9 Å². The molecule has 1 aromatic carbocycles. The van der Waals surface area contributed by atoms with E-state index in [0.717, 1.165) is 35.2 Å². The Kier molecular flexibility index (Phi) is 5.48. The van der Waals surface area contributed by atoms with Crippen molar-refractivity contribution in [2.45, 2.75) is 25.9 Å². The fraction of sp³-hybridized carbons (Fsp3) is 0.333. The Hall–Kier alpha value is -1.92. The summed E-state index contributed by atoms with van der Waals surface area (Å²) < 4.78 is 6.54. The lowest BCUT2D eigenvalue weighted by molar-refractivity contribution is 0.102. The summed E-state index contributed by atoms with van der Waals surface area (Å²) in [6, 6.07) is 9.20. The zero-order chi connectivity index (χ0) is 16.9. The molecule has 1 unspecified atom stereocenters. The largest absolute Gasteiger partial charge is 0.376 e. The van der Waals surface area contributed by atoms with E-state index in [4.69, 9.17) is 4.74 Å². The number of anilines is 2. The molecule has 3 rings (SSSR count). The quantitative estimate of drug-likeness (QED) is 0.810. The number of aryl methyl sites for hydroxylation is 1. The first-order valence-electron chi connectivity index (χ1n) is 8.01. The zero-order valence-electron chi connectivity index (χ0n) is 13.5. The second-order valence-corrected chi connectivity index (χ2v) is 6.72. The molecule has 1 aliphatic heterocycles. The number of rotatable bonds is 5. The summed E-state index contributed by atoms with van der Waals surface area (Å²) >= 11 is 3.47. The van der Waals surface area contributed by atoms with Gasteiger partial charge in [0.15, 0.2) is 0 Å². The average molecular weight is 390 g/mol. The monoisotopic (exact) mass is 389 g/mol. The van der Waals surface area contributed by atoms with Gasteiger partial charge in [-0.25, -0.2) is 4.98 Å². The number of hydrogen-bond acceptors (Lipinski definition) is 4. The number of carbonyl (C=O) groups is 1. The summed E-state index contributed by atoms with van der Waals surface area (Å²) in [5.41, 5.74) is 2.44. The van der Waals surface area contributed by atoms with Crippen molar-refractivity contribution in [3.05, 3.63) is 52.1 Å². The molecule has 5 nitrogen and oxygen atoms in total. The number of halogens is 1. The second-order valence-electron chi connectivity index (χ2n) is 5.86. The highest BCUT2D eigenvalue weighted by Crippen LogP contribution is 2.21.